The lowest BCUT2D eigenvalue weighted by Gasteiger charge is -2.15. The number of nitriles is 1. The Labute approximate surface area is 88.1 Å². The van der Waals surface area contributed by atoms with Crippen LogP contribution in [0.15, 0.2) is 0 Å². The highest BCUT2D eigenvalue weighted by Gasteiger charge is 2.13. The average molecular weight is 210 g/mol. The van der Waals surface area contributed by atoms with Crippen LogP contribution in [0, 0.1) is 11.3 Å². The molecule has 1 aromatic rings. The molecule has 0 radical (unpaired) electrons. The second-order valence-corrected chi connectivity index (χ2v) is 3.89. The van der Waals surface area contributed by atoms with Gasteiger partial charge in [0.05, 0.1) is 0 Å². The number of nitrogen functional groups attached to an aromatic ring is 1. The smallest absolute Gasteiger partial charge is 0.157 e. The van der Waals surface area contributed by atoms with Gasteiger partial charge in [-0.15, -0.1) is 0 Å². The minimum absolute atomic E-state index is 0.343. The molecule has 76 valence electrons. The van der Waals surface area contributed by atoms with Crippen molar-refractivity contribution >= 4 is 22.4 Å². The Morgan fingerprint density at radius 3 is 2.93 bits per heavy atom. The molecule has 0 aliphatic heterocycles. The lowest BCUT2D eigenvalue weighted by atomic mass is 10.3. The van der Waals surface area contributed by atoms with Crippen molar-refractivity contribution < 1.29 is 0 Å². The summed E-state index contributed by atoms with van der Waals surface area (Å²) in [7, 11) is 1.96. The Morgan fingerprint density at radius 1 is 1.64 bits per heavy atom. The fraction of sp³-hybridized carbons (Fsp3) is 0.556. The van der Waals surface area contributed by atoms with Gasteiger partial charge in [-0.3, -0.25) is 0 Å². The Balaban J connectivity index is 2.80. The minimum Gasteiger partial charge on any atom is -0.382 e. The van der Waals surface area contributed by atoms with Gasteiger partial charge in [-0.1, -0.05) is 13.3 Å². The van der Waals surface area contributed by atoms with Gasteiger partial charge in [0.1, 0.15) is 16.6 Å². The van der Waals surface area contributed by atoms with Crippen LogP contribution in [0.1, 0.15) is 25.3 Å². The van der Waals surface area contributed by atoms with Gasteiger partial charge >= 0.3 is 0 Å². The number of unbranched alkanes of at least 4 members (excludes halogenated alkanes) is 1. The van der Waals surface area contributed by atoms with Gasteiger partial charge in [0.2, 0.25) is 0 Å². The zero-order valence-electron chi connectivity index (χ0n) is 8.45. The summed E-state index contributed by atoms with van der Waals surface area (Å²) in [5.41, 5.74) is 6.08. The van der Waals surface area contributed by atoms with Crippen LogP contribution in [-0.4, -0.2) is 18.0 Å². The third-order valence-corrected chi connectivity index (χ3v) is 2.98. The first-order chi connectivity index (χ1) is 6.70. The maximum Gasteiger partial charge on any atom is 0.157 e. The molecular formula is C9H14N4S. The van der Waals surface area contributed by atoms with E-state index in [2.05, 4.69) is 17.4 Å². The molecule has 0 aliphatic rings. The summed E-state index contributed by atoms with van der Waals surface area (Å²) in [5, 5.41) is 9.75. The molecular weight excluding hydrogens is 196 g/mol. The van der Waals surface area contributed by atoms with E-state index in [1.807, 2.05) is 11.9 Å². The van der Waals surface area contributed by atoms with Crippen molar-refractivity contribution in [2.45, 2.75) is 19.8 Å². The van der Waals surface area contributed by atoms with Crippen molar-refractivity contribution in [1.82, 2.24) is 4.37 Å². The van der Waals surface area contributed by atoms with Gasteiger partial charge in [0.15, 0.2) is 5.82 Å². The number of rotatable bonds is 4. The third-order valence-electron chi connectivity index (χ3n) is 2.01. The van der Waals surface area contributed by atoms with Crippen LogP contribution in [0.2, 0.25) is 0 Å². The monoisotopic (exact) mass is 210 g/mol. The van der Waals surface area contributed by atoms with Gasteiger partial charge in [-0.25, -0.2) is 0 Å². The summed E-state index contributed by atoms with van der Waals surface area (Å²) < 4.78 is 3.97. The van der Waals surface area contributed by atoms with Crippen LogP contribution < -0.4 is 10.6 Å². The predicted molar refractivity (Wildman–Crippen MR) is 59.4 cm³/mol. The molecule has 0 saturated carbocycles. The van der Waals surface area contributed by atoms with Crippen molar-refractivity contribution in [2.75, 3.05) is 24.2 Å². The van der Waals surface area contributed by atoms with Crippen LogP contribution in [0.3, 0.4) is 0 Å². The maximum absolute atomic E-state index is 8.87. The number of nitrogens with two attached hydrogens (primary N) is 1. The molecule has 1 rings (SSSR count). The third kappa shape index (κ3) is 2.15. The molecule has 14 heavy (non-hydrogen) atoms. The molecule has 5 heteroatoms. The van der Waals surface area contributed by atoms with Gasteiger partial charge in [0.25, 0.3) is 0 Å². The second kappa shape index (κ2) is 4.82. The number of aromatic nitrogens is 1. The summed E-state index contributed by atoms with van der Waals surface area (Å²) in [4.78, 5) is 2.04. The van der Waals surface area contributed by atoms with Crippen molar-refractivity contribution in [2.24, 2.45) is 0 Å². The molecule has 0 aliphatic carbocycles. The maximum atomic E-state index is 8.87. The Morgan fingerprint density at radius 2 is 2.36 bits per heavy atom. The predicted octanol–water partition coefficient (Wildman–Crippen LogP) is 1.83. The zero-order valence-corrected chi connectivity index (χ0v) is 9.27. The molecule has 2 N–H and O–H groups in total. The van der Waals surface area contributed by atoms with E-state index in [4.69, 9.17) is 11.0 Å². The summed E-state index contributed by atoms with van der Waals surface area (Å²) in [5.74, 6) is 0.343. The summed E-state index contributed by atoms with van der Waals surface area (Å²) in [6, 6.07) is 2.08. The Hall–Kier alpha value is -1.28. The second-order valence-electron chi connectivity index (χ2n) is 3.13. The van der Waals surface area contributed by atoms with E-state index >= 15 is 0 Å². The van der Waals surface area contributed by atoms with E-state index in [0.717, 1.165) is 24.4 Å². The fourth-order valence-electron chi connectivity index (χ4n) is 1.16. The molecule has 0 spiro atoms. The number of hydrogen-bond donors (Lipinski definition) is 1. The normalized spacial score (nSPS) is 9.79. The lowest BCUT2D eigenvalue weighted by Crippen LogP contribution is -2.18. The highest BCUT2D eigenvalue weighted by Crippen LogP contribution is 2.28. The Bertz CT molecular complexity index is 339. The van der Waals surface area contributed by atoms with Crippen LogP contribution in [0.25, 0.3) is 0 Å². The first-order valence-corrected chi connectivity index (χ1v) is 5.34. The van der Waals surface area contributed by atoms with Crippen LogP contribution in [-0.2, 0) is 0 Å². The summed E-state index contributed by atoms with van der Waals surface area (Å²) in [6.07, 6.45) is 2.25. The minimum atomic E-state index is 0.343. The van der Waals surface area contributed by atoms with Gasteiger partial charge in [-0.2, -0.15) is 9.64 Å². The van der Waals surface area contributed by atoms with Crippen LogP contribution in [0.5, 0.6) is 0 Å². The SMILES string of the molecule is CCCCN(C)c1snc(N)c1C#N. The Kier molecular flexibility index (Phi) is 3.72. The van der Waals surface area contributed by atoms with Crippen LogP contribution in [0.4, 0.5) is 10.8 Å². The molecule has 0 unspecified atom stereocenters. The molecule has 1 heterocycles. The molecule has 0 bridgehead atoms. The van der Waals surface area contributed by atoms with Gasteiger partial charge < -0.3 is 10.6 Å². The number of hydrogen-bond acceptors (Lipinski definition) is 5. The number of anilines is 2. The van der Waals surface area contributed by atoms with Crippen molar-refractivity contribution in [3.05, 3.63) is 5.56 Å². The fourth-order valence-corrected chi connectivity index (χ4v) is 1.90. The van der Waals surface area contributed by atoms with Crippen molar-refractivity contribution in [1.29, 1.82) is 5.26 Å². The molecule has 0 amide bonds. The standard InChI is InChI=1S/C9H14N4S/c1-3-4-5-13(2)9-7(6-10)8(11)12-14-9/h3-5H2,1-2H3,(H2,11,12). The van der Waals surface area contributed by atoms with Crippen molar-refractivity contribution in [3.63, 3.8) is 0 Å². The largest absolute Gasteiger partial charge is 0.382 e. The topological polar surface area (TPSA) is 65.9 Å². The van der Waals surface area contributed by atoms with E-state index in [-0.39, 0.29) is 0 Å². The lowest BCUT2D eigenvalue weighted by molar-refractivity contribution is 0.770. The average Bonchev–Trinajstić information content (AvgIpc) is 2.55. The highest BCUT2D eigenvalue weighted by molar-refractivity contribution is 7.10. The van der Waals surface area contributed by atoms with Gasteiger partial charge in [-0.05, 0) is 18.0 Å². The van der Waals surface area contributed by atoms with E-state index in [0.29, 0.717) is 11.4 Å². The van der Waals surface area contributed by atoms with E-state index < -0.39 is 0 Å². The van der Waals surface area contributed by atoms with Crippen molar-refractivity contribution in [3.8, 4) is 6.07 Å². The number of nitrogens with zero attached hydrogens (tertiary/aromatic N) is 3. The highest BCUT2D eigenvalue weighted by atomic mass is 32.1. The first kappa shape index (κ1) is 10.8. The molecule has 0 fully saturated rings. The summed E-state index contributed by atoms with van der Waals surface area (Å²) >= 11 is 1.29. The quantitative estimate of drug-likeness (QED) is 0.823. The van der Waals surface area contributed by atoms with Crippen LogP contribution >= 0.6 is 11.5 Å². The summed E-state index contributed by atoms with van der Waals surface area (Å²) in [6.45, 7) is 3.08. The zero-order chi connectivity index (χ0) is 10.6. The first-order valence-electron chi connectivity index (χ1n) is 4.57. The molecule has 0 saturated heterocycles. The molecule has 0 aromatic carbocycles. The molecule has 4 nitrogen and oxygen atoms in total. The van der Waals surface area contributed by atoms with Gasteiger partial charge in [0, 0.05) is 13.6 Å². The van der Waals surface area contributed by atoms with E-state index in [9.17, 15) is 0 Å². The molecule has 0 atom stereocenters. The van der Waals surface area contributed by atoms with E-state index in [1.165, 1.54) is 11.5 Å². The molecule has 1 aromatic heterocycles. The van der Waals surface area contributed by atoms with E-state index in [1.54, 1.807) is 0 Å².